The molecule has 3 rings (SSSR count). The highest BCUT2D eigenvalue weighted by Gasteiger charge is 2.24. The molecule has 0 spiro atoms. The van der Waals surface area contributed by atoms with Gasteiger partial charge in [-0.3, -0.25) is 0 Å². The van der Waals surface area contributed by atoms with E-state index in [2.05, 4.69) is 51.3 Å². The first-order valence-corrected chi connectivity index (χ1v) is 9.07. The lowest BCUT2D eigenvalue weighted by Crippen LogP contribution is -2.54. The van der Waals surface area contributed by atoms with E-state index < -0.39 is 0 Å². The van der Waals surface area contributed by atoms with Gasteiger partial charge in [-0.2, -0.15) is 0 Å². The van der Waals surface area contributed by atoms with E-state index in [4.69, 9.17) is 4.74 Å². The number of urea groups is 1. The van der Waals surface area contributed by atoms with E-state index in [1.165, 1.54) is 11.3 Å². The summed E-state index contributed by atoms with van der Waals surface area (Å²) in [5.41, 5.74) is 2.47. The second kappa shape index (κ2) is 7.53. The Hall–Kier alpha value is -1.27. The van der Waals surface area contributed by atoms with Gasteiger partial charge in [0.15, 0.2) is 0 Å². The number of hydrogen-bond acceptors (Lipinski definition) is 3. The molecule has 1 aromatic rings. The molecule has 2 aliphatic heterocycles. The predicted octanol–water partition coefficient (Wildman–Crippen LogP) is 2.77. The summed E-state index contributed by atoms with van der Waals surface area (Å²) in [4.78, 5) is 16.6. The van der Waals surface area contributed by atoms with Gasteiger partial charge in [0.25, 0.3) is 0 Å². The van der Waals surface area contributed by atoms with Crippen LogP contribution in [0.2, 0.25) is 0 Å². The van der Waals surface area contributed by atoms with Crippen molar-refractivity contribution in [1.82, 2.24) is 10.2 Å². The quantitative estimate of drug-likeness (QED) is 0.856. The molecule has 1 aromatic carbocycles. The van der Waals surface area contributed by atoms with Gasteiger partial charge in [-0.05, 0) is 43.5 Å². The maximum absolute atomic E-state index is 12.4. The third-order valence-corrected chi connectivity index (χ3v) is 5.51. The van der Waals surface area contributed by atoms with Gasteiger partial charge in [-0.1, -0.05) is 15.9 Å². The zero-order valence-corrected chi connectivity index (χ0v) is 15.1. The first-order chi connectivity index (χ1) is 11.1. The minimum Gasteiger partial charge on any atom is -0.381 e. The minimum atomic E-state index is 0.0727. The van der Waals surface area contributed by atoms with Gasteiger partial charge in [0.2, 0.25) is 0 Å². The van der Waals surface area contributed by atoms with Gasteiger partial charge in [0.1, 0.15) is 0 Å². The van der Waals surface area contributed by atoms with Gasteiger partial charge in [-0.25, -0.2) is 4.79 Å². The van der Waals surface area contributed by atoms with Crippen molar-refractivity contribution >= 4 is 27.6 Å². The fraction of sp³-hybridized carbons (Fsp3) is 0.588. The molecule has 0 saturated carbocycles. The number of amides is 2. The van der Waals surface area contributed by atoms with E-state index in [1.54, 1.807) is 0 Å². The van der Waals surface area contributed by atoms with Crippen LogP contribution in [0.3, 0.4) is 0 Å². The number of carbonyl (C=O) groups is 1. The lowest BCUT2D eigenvalue weighted by Gasteiger charge is -2.37. The summed E-state index contributed by atoms with van der Waals surface area (Å²) in [7, 11) is 0. The fourth-order valence-electron chi connectivity index (χ4n) is 3.10. The number of carbonyl (C=O) groups excluding carboxylic acids is 1. The number of rotatable bonds is 2. The number of anilines is 1. The van der Waals surface area contributed by atoms with Crippen LogP contribution in [-0.4, -0.2) is 56.4 Å². The molecule has 126 valence electrons. The van der Waals surface area contributed by atoms with Crippen LogP contribution >= 0.6 is 15.9 Å². The van der Waals surface area contributed by atoms with Gasteiger partial charge in [0.05, 0.1) is 0 Å². The zero-order valence-electron chi connectivity index (χ0n) is 13.6. The Morgan fingerprint density at radius 3 is 2.57 bits per heavy atom. The molecule has 0 aliphatic carbocycles. The molecule has 0 radical (unpaired) electrons. The molecule has 5 nitrogen and oxygen atoms in total. The highest BCUT2D eigenvalue weighted by atomic mass is 79.9. The van der Waals surface area contributed by atoms with Gasteiger partial charge in [-0.15, -0.1) is 0 Å². The molecule has 2 aliphatic rings. The number of halogens is 1. The van der Waals surface area contributed by atoms with Gasteiger partial charge < -0.3 is 19.9 Å². The highest BCUT2D eigenvalue weighted by molar-refractivity contribution is 9.10. The van der Waals surface area contributed by atoms with Crippen LogP contribution in [0.5, 0.6) is 0 Å². The Balaban J connectivity index is 1.51. The summed E-state index contributed by atoms with van der Waals surface area (Å²) < 4.78 is 6.47. The standard InChI is InChI=1S/C17H24BrN3O2/c1-13-12-15(2-3-16(13)18)20-6-8-21(9-7-20)17(22)19-14-4-10-23-11-5-14/h2-3,12,14H,4-11H2,1H3,(H,19,22). The Morgan fingerprint density at radius 1 is 1.22 bits per heavy atom. The molecular formula is C17H24BrN3O2. The van der Waals surface area contributed by atoms with Crippen molar-refractivity contribution in [2.24, 2.45) is 0 Å². The second-order valence-electron chi connectivity index (χ2n) is 6.24. The third-order valence-electron chi connectivity index (χ3n) is 4.62. The molecule has 0 aromatic heterocycles. The Bertz CT molecular complexity index is 553. The molecule has 2 saturated heterocycles. The summed E-state index contributed by atoms with van der Waals surface area (Å²) in [6.45, 7) is 6.90. The molecule has 23 heavy (non-hydrogen) atoms. The molecule has 2 amide bonds. The lowest BCUT2D eigenvalue weighted by atomic mass is 10.1. The van der Waals surface area contributed by atoms with E-state index in [0.717, 1.165) is 56.7 Å². The van der Waals surface area contributed by atoms with E-state index in [1.807, 2.05) is 4.90 Å². The fourth-order valence-corrected chi connectivity index (χ4v) is 3.35. The Kier molecular flexibility index (Phi) is 5.43. The van der Waals surface area contributed by atoms with Gasteiger partial charge in [0, 0.05) is 55.6 Å². The number of ether oxygens (including phenoxy) is 1. The smallest absolute Gasteiger partial charge is 0.317 e. The molecular weight excluding hydrogens is 358 g/mol. The normalized spacial score (nSPS) is 19.7. The molecule has 2 heterocycles. The second-order valence-corrected chi connectivity index (χ2v) is 7.10. The number of hydrogen-bond donors (Lipinski definition) is 1. The average Bonchev–Trinajstić information content (AvgIpc) is 2.58. The number of nitrogens with one attached hydrogen (secondary N) is 1. The van der Waals surface area contributed by atoms with E-state index >= 15 is 0 Å². The number of nitrogens with zero attached hydrogens (tertiary/aromatic N) is 2. The van der Waals surface area contributed by atoms with Gasteiger partial charge >= 0.3 is 6.03 Å². The van der Waals surface area contributed by atoms with Crippen LogP contribution in [-0.2, 0) is 4.74 Å². The zero-order chi connectivity index (χ0) is 16.2. The van der Waals surface area contributed by atoms with Crippen LogP contribution in [0.15, 0.2) is 22.7 Å². The molecule has 6 heteroatoms. The Morgan fingerprint density at radius 2 is 1.91 bits per heavy atom. The number of benzene rings is 1. The summed E-state index contributed by atoms with van der Waals surface area (Å²) >= 11 is 3.54. The minimum absolute atomic E-state index is 0.0727. The molecule has 0 bridgehead atoms. The number of aryl methyl sites for hydroxylation is 1. The van der Waals surface area contributed by atoms with E-state index in [9.17, 15) is 4.79 Å². The molecule has 2 fully saturated rings. The molecule has 0 unspecified atom stereocenters. The van der Waals surface area contributed by atoms with Crippen LogP contribution in [0, 0.1) is 6.92 Å². The van der Waals surface area contributed by atoms with E-state index in [0.29, 0.717) is 0 Å². The first-order valence-electron chi connectivity index (χ1n) is 8.28. The van der Waals surface area contributed by atoms with Crippen molar-refractivity contribution in [2.75, 3.05) is 44.3 Å². The summed E-state index contributed by atoms with van der Waals surface area (Å²) in [6.07, 6.45) is 1.84. The van der Waals surface area contributed by atoms with Crippen molar-refractivity contribution in [3.8, 4) is 0 Å². The van der Waals surface area contributed by atoms with Crippen molar-refractivity contribution in [3.63, 3.8) is 0 Å². The molecule has 0 atom stereocenters. The van der Waals surface area contributed by atoms with Crippen molar-refractivity contribution in [2.45, 2.75) is 25.8 Å². The third kappa shape index (κ3) is 4.18. The monoisotopic (exact) mass is 381 g/mol. The summed E-state index contributed by atoms with van der Waals surface area (Å²) in [6, 6.07) is 6.76. The summed E-state index contributed by atoms with van der Waals surface area (Å²) in [5.74, 6) is 0. The Labute approximate surface area is 146 Å². The van der Waals surface area contributed by atoms with Crippen LogP contribution in [0.1, 0.15) is 18.4 Å². The maximum Gasteiger partial charge on any atom is 0.317 e. The maximum atomic E-state index is 12.4. The SMILES string of the molecule is Cc1cc(N2CCN(C(=O)NC3CCOCC3)CC2)ccc1Br. The van der Waals surface area contributed by atoms with Crippen molar-refractivity contribution in [1.29, 1.82) is 0 Å². The average molecular weight is 382 g/mol. The number of piperazine rings is 1. The van der Waals surface area contributed by atoms with Crippen LogP contribution < -0.4 is 10.2 Å². The lowest BCUT2D eigenvalue weighted by molar-refractivity contribution is 0.0779. The largest absolute Gasteiger partial charge is 0.381 e. The van der Waals surface area contributed by atoms with Crippen LogP contribution in [0.25, 0.3) is 0 Å². The highest BCUT2D eigenvalue weighted by Crippen LogP contribution is 2.23. The summed E-state index contributed by atoms with van der Waals surface area (Å²) in [5, 5.41) is 3.14. The van der Waals surface area contributed by atoms with E-state index in [-0.39, 0.29) is 12.1 Å². The molecule has 1 N–H and O–H groups in total. The van der Waals surface area contributed by atoms with Crippen molar-refractivity contribution < 1.29 is 9.53 Å². The topological polar surface area (TPSA) is 44.8 Å². The predicted molar refractivity (Wildman–Crippen MR) is 95.0 cm³/mol. The first kappa shape index (κ1) is 16.6. The van der Waals surface area contributed by atoms with Crippen molar-refractivity contribution in [3.05, 3.63) is 28.2 Å². The van der Waals surface area contributed by atoms with Crippen LogP contribution in [0.4, 0.5) is 10.5 Å².